The number of ether oxygens (including phenoxy) is 1. The molecule has 2 heterocycles. The fraction of sp³-hybridized carbons (Fsp3) is 0.450. The van der Waals surface area contributed by atoms with Crippen LogP contribution in [0.5, 0.6) is 11.5 Å². The van der Waals surface area contributed by atoms with Gasteiger partial charge in [0.25, 0.3) is 0 Å². The number of esters is 1. The molecule has 152 valence electrons. The predicted octanol–water partition coefficient (Wildman–Crippen LogP) is 2.43. The third kappa shape index (κ3) is 4.20. The van der Waals surface area contributed by atoms with E-state index in [-0.39, 0.29) is 28.3 Å². The topological polar surface area (TPSA) is 85.3 Å². The first kappa shape index (κ1) is 20.4. The zero-order valence-corrected chi connectivity index (χ0v) is 16.9. The van der Waals surface area contributed by atoms with Crippen LogP contribution in [0, 0.1) is 0 Å². The van der Waals surface area contributed by atoms with Gasteiger partial charge in [0, 0.05) is 38.6 Å². The summed E-state index contributed by atoms with van der Waals surface area (Å²) in [6, 6.07) is 1.07. The fourth-order valence-corrected chi connectivity index (χ4v) is 3.96. The number of aromatic hydroxyl groups is 2. The lowest BCUT2D eigenvalue weighted by Gasteiger charge is -2.32. The van der Waals surface area contributed by atoms with Gasteiger partial charge in [0.15, 0.2) is 0 Å². The largest absolute Gasteiger partial charge is 0.507 e. The molecule has 0 spiro atoms. The highest BCUT2D eigenvalue weighted by Crippen LogP contribution is 2.38. The van der Waals surface area contributed by atoms with Crippen molar-refractivity contribution in [2.24, 2.45) is 0 Å². The number of nitrogens with zero attached hydrogens (tertiary/aromatic N) is 2. The van der Waals surface area contributed by atoms with E-state index in [0.717, 1.165) is 32.1 Å². The van der Waals surface area contributed by atoms with Crippen LogP contribution >= 0.6 is 11.6 Å². The molecule has 2 aliphatic rings. The van der Waals surface area contributed by atoms with E-state index in [1.807, 2.05) is 13.2 Å². The number of phenolic OH excluding ortho intramolecular Hbond substituents is 2. The van der Waals surface area contributed by atoms with E-state index in [1.54, 1.807) is 0 Å². The number of halogens is 1. The molecular weight excluding hydrogens is 382 g/mol. The quantitative estimate of drug-likeness (QED) is 0.493. The molecule has 1 atom stereocenters. The Morgan fingerprint density at radius 1 is 1.36 bits per heavy atom. The number of carbonyl (C=O) groups is 1. The number of hydrogen-bond donors (Lipinski definition) is 3. The molecule has 8 heteroatoms. The second kappa shape index (κ2) is 8.75. The third-order valence-electron chi connectivity index (χ3n) is 5.25. The number of methoxy groups -OCH3 is 1. The smallest absolute Gasteiger partial charge is 0.341 e. The number of rotatable bonds is 6. The van der Waals surface area contributed by atoms with Crippen LogP contribution in [0.15, 0.2) is 30.1 Å². The van der Waals surface area contributed by atoms with Gasteiger partial charge in [-0.05, 0) is 31.4 Å². The van der Waals surface area contributed by atoms with E-state index >= 15 is 0 Å². The molecule has 0 saturated heterocycles. The minimum absolute atomic E-state index is 0.00604. The fourth-order valence-electron chi connectivity index (χ4n) is 3.72. The molecule has 0 amide bonds. The Kier molecular flexibility index (Phi) is 6.36. The Bertz CT molecular complexity index is 809. The van der Waals surface area contributed by atoms with Gasteiger partial charge in [0.2, 0.25) is 0 Å². The first-order chi connectivity index (χ1) is 13.4. The maximum absolute atomic E-state index is 12.1. The van der Waals surface area contributed by atoms with E-state index < -0.39 is 5.97 Å². The summed E-state index contributed by atoms with van der Waals surface area (Å²) in [5, 5.41) is 23.5. The lowest BCUT2D eigenvalue weighted by atomic mass is 9.99. The first-order valence-electron chi connectivity index (χ1n) is 9.28. The molecule has 0 aromatic heterocycles. The molecule has 1 aromatic carbocycles. The van der Waals surface area contributed by atoms with Crippen LogP contribution < -0.4 is 5.32 Å². The molecule has 0 bridgehead atoms. The Hall–Kier alpha value is -2.38. The van der Waals surface area contributed by atoms with Crippen molar-refractivity contribution in [2.75, 3.05) is 33.8 Å². The van der Waals surface area contributed by atoms with Crippen molar-refractivity contribution in [3.05, 3.63) is 46.3 Å². The highest BCUT2D eigenvalue weighted by Gasteiger charge is 2.28. The van der Waals surface area contributed by atoms with Gasteiger partial charge in [0.1, 0.15) is 23.2 Å². The van der Waals surface area contributed by atoms with Crippen molar-refractivity contribution in [1.82, 2.24) is 15.1 Å². The van der Waals surface area contributed by atoms with Gasteiger partial charge in [-0.1, -0.05) is 23.3 Å². The second-order valence-electron chi connectivity index (χ2n) is 7.05. The van der Waals surface area contributed by atoms with E-state index in [9.17, 15) is 15.0 Å². The molecule has 28 heavy (non-hydrogen) atoms. The molecule has 0 aliphatic carbocycles. The summed E-state index contributed by atoms with van der Waals surface area (Å²) < 4.78 is 4.78. The van der Waals surface area contributed by atoms with Crippen molar-refractivity contribution >= 4 is 17.6 Å². The molecule has 0 radical (unpaired) electrons. The van der Waals surface area contributed by atoms with Crippen molar-refractivity contribution in [3.8, 4) is 11.5 Å². The standard InChI is InChI=1S/C20H26ClN3O4/c1-23-9-10-24(12-13-5-7-22-8-6-13)17(23)4-3-14-18(20(27)28-2)15(25)11-16(26)19(14)21/h5,9-11,17,22,25-26H,3-4,6-8,12H2,1-2H3. The Morgan fingerprint density at radius 3 is 2.82 bits per heavy atom. The van der Waals surface area contributed by atoms with Crippen molar-refractivity contribution < 1.29 is 19.7 Å². The Morgan fingerprint density at radius 2 is 2.14 bits per heavy atom. The van der Waals surface area contributed by atoms with Crippen LogP contribution in [-0.2, 0) is 11.2 Å². The lowest BCUT2D eigenvalue weighted by molar-refractivity contribution is 0.0595. The van der Waals surface area contributed by atoms with E-state index in [4.69, 9.17) is 16.3 Å². The normalized spacial score (nSPS) is 19.1. The molecule has 1 unspecified atom stereocenters. The summed E-state index contributed by atoms with van der Waals surface area (Å²) in [5.41, 5.74) is 1.80. The molecule has 2 aliphatic heterocycles. The van der Waals surface area contributed by atoms with Crippen LogP contribution in [0.4, 0.5) is 0 Å². The highest BCUT2D eigenvalue weighted by atomic mass is 35.5. The van der Waals surface area contributed by atoms with Gasteiger partial charge in [-0.3, -0.25) is 0 Å². The SMILES string of the molecule is COC(=O)c1c(O)cc(O)c(Cl)c1CCC1N(C)C=CN1CC1=CCNCC1. The molecular formula is C20H26ClN3O4. The van der Waals surface area contributed by atoms with Crippen molar-refractivity contribution in [3.63, 3.8) is 0 Å². The van der Waals surface area contributed by atoms with Crippen LogP contribution in [-0.4, -0.2) is 65.9 Å². The average Bonchev–Trinajstić information content (AvgIpc) is 3.03. The van der Waals surface area contributed by atoms with E-state index in [1.165, 1.54) is 12.7 Å². The second-order valence-corrected chi connectivity index (χ2v) is 7.42. The van der Waals surface area contributed by atoms with Crippen molar-refractivity contribution in [1.29, 1.82) is 0 Å². The molecule has 1 aromatic rings. The molecule has 3 N–H and O–H groups in total. The number of nitrogens with one attached hydrogen (secondary N) is 1. The van der Waals surface area contributed by atoms with Gasteiger partial charge in [-0.25, -0.2) is 4.79 Å². The molecule has 7 nitrogen and oxygen atoms in total. The summed E-state index contributed by atoms with van der Waals surface area (Å²) >= 11 is 6.26. The first-order valence-corrected chi connectivity index (χ1v) is 9.66. The van der Waals surface area contributed by atoms with Gasteiger partial charge in [0.05, 0.1) is 12.1 Å². The monoisotopic (exact) mass is 407 g/mol. The molecule has 3 rings (SSSR count). The molecule has 0 fully saturated rings. The van der Waals surface area contributed by atoms with Gasteiger partial charge in [-0.2, -0.15) is 0 Å². The average molecular weight is 408 g/mol. The van der Waals surface area contributed by atoms with Gasteiger partial charge < -0.3 is 30.1 Å². The van der Waals surface area contributed by atoms with Crippen LogP contribution in [0.3, 0.4) is 0 Å². The summed E-state index contributed by atoms with van der Waals surface area (Å²) in [6.07, 6.45) is 8.49. The highest BCUT2D eigenvalue weighted by molar-refractivity contribution is 6.33. The predicted molar refractivity (Wildman–Crippen MR) is 107 cm³/mol. The van der Waals surface area contributed by atoms with Gasteiger partial charge >= 0.3 is 5.97 Å². The summed E-state index contributed by atoms with van der Waals surface area (Å²) in [4.78, 5) is 16.5. The van der Waals surface area contributed by atoms with Crippen LogP contribution in [0.2, 0.25) is 5.02 Å². The summed E-state index contributed by atoms with van der Waals surface area (Å²) in [7, 11) is 3.25. The molecule has 0 saturated carbocycles. The number of benzene rings is 1. The van der Waals surface area contributed by atoms with Crippen molar-refractivity contribution in [2.45, 2.75) is 25.4 Å². The number of carbonyl (C=O) groups excluding carboxylic acids is 1. The zero-order valence-electron chi connectivity index (χ0n) is 16.1. The maximum Gasteiger partial charge on any atom is 0.341 e. The van der Waals surface area contributed by atoms with Crippen LogP contribution in [0.1, 0.15) is 28.8 Å². The Balaban J connectivity index is 1.78. The minimum Gasteiger partial charge on any atom is -0.507 e. The number of hydrogen-bond acceptors (Lipinski definition) is 7. The minimum atomic E-state index is -0.677. The lowest BCUT2D eigenvalue weighted by Crippen LogP contribution is -2.38. The Labute approximate surface area is 169 Å². The van der Waals surface area contributed by atoms with Gasteiger partial charge in [-0.15, -0.1) is 0 Å². The third-order valence-corrected chi connectivity index (χ3v) is 5.67. The van der Waals surface area contributed by atoms with E-state index in [2.05, 4.69) is 27.4 Å². The zero-order chi connectivity index (χ0) is 20.3. The number of phenols is 2. The van der Waals surface area contributed by atoms with E-state index in [0.29, 0.717) is 18.4 Å². The summed E-state index contributed by atoms with van der Waals surface area (Å²) in [5.74, 6) is -1.26. The maximum atomic E-state index is 12.1. The van der Waals surface area contributed by atoms with Crippen LogP contribution in [0.25, 0.3) is 0 Å². The summed E-state index contributed by atoms with van der Waals surface area (Å²) in [6.45, 7) is 2.73.